The third-order valence-corrected chi connectivity index (χ3v) is 4.01. The molecule has 4 nitrogen and oxygen atoms in total. The van der Waals surface area contributed by atoms with Gasteiger partial charge in [-0.15, -0.1) is 0 Å². The summed E-state index contributed by atoms with van der Waals surface area (Å²) in [6, 6.07) is 10.4. The second-order valence-corrected chi connectivity index (χ2v) is 5.46. The molecule has 2 rings (SSSR count). The highest BCUT2D eigenvalue weighted by Crippen LogP contribution is 2.33. The smallest absolute Gasteiger partial charge is 0.339 e. The molecule has 0 bridgehead atoms. The summed E-state index contributed by atoms with van der Waals surface area (Å²) in [7, 11) is 5.38. The van der Waals surface area contributed by atoms with E-state index in [-0.39, 0.29) is 5.97 Å². The first-order chi connectivity index (χ1) is 10.7. The first-order valence-electron chi connectivity index (χ1n) is 7.57. The molecule has 0 radical (unpaired) electrons. The Bertz CT molecular complexity index is 564. The highest BCUT2D eigenvalue weighted by atomic mass is 16.5. The van der Waals surface area contributed by atoms with Gasteiger partial charge >= 0.3 is 5.97 Å². The number of likely N-dealkylation sites (N-methyl/N-ethyl adjacent to an activating group) is 2. The van der Waals surface area contributed by atoms with Crippen LogP contribution in [0.4, 0.5) is 0 Å². The normalized spacial score (nSPS) is 17.5. The standard InChI is InChI=1S/C18H24N2O2/c1-19-11-12-20(2)17-13-15(14-7-5-4-6-8-14)9-10-16(17)18(21)22-3/h4-10,15,19H,11-13H2,1-3H3. The largest absolute Gasteiger partial charge is 0.465 e. The van der Waals surface area contributed by atoms with Crippen molar-refractivity contribution < 1.29 is 9.53 Å². The van der Waals surface area contributed by atoms with Gasteiger partial charge in [0.25, 0.3) is 0 Å². The van der Waals surface area contributed by atoms with E-state index in [0.29, 0.717) is 11.5 Å². The highest BCUT2D eigenvalue weighted by molar-refractivity contribution is 5.92. The number of carbonyl (C=O) groups is 1. The van der Waals surface area contributed by atoms with E-state index >= 15 is 0 Å². The summed E-state index contributed by atoms with van der Waals surface area (Å²) in [4.78, 5) is 14.2. The molecule has 1 aromatic rings. The minimum Gasteiger partial charge on any atom is -0.465 e. The number of allylic oxidation sites excluding steroid dienone is 2. The van der Waals surface area contributed by atoms with E-state index in [1.807, 2.05) is 38.4 Å². The van der Waals surface area contributed by atoms with Gasteiger partial charge in [0.05, 0.1) is 12.7 Å². The van der Waals surface area contributed by atoms with Crippen LogP contribution in [0.25, 0.3) is 0 Å². The number of methoxy groups -OCH3 is 1. The van der Waals surface area contributed by atoms with Crippen molar-refractivity contribution in [1.82, 2.24) is 10.2 Å². The topological polar surface area (TPSA) is 41.6 Å². The maximum absolute atomic E-state index is 12.0. The molecule has 0 saturated carbocycles. The fraction of sp³-hybridized carbons (Fsp3) is 0.389. The molecule has 1 aliphatic carbocycles. The maximum atomic E-state index is 12.0. The Kier molecular flexibility index (Phi) is 5.78. The number of ether oxygens (including phenoxy) is 1. The average molecular weight is 300 g/mol. The molecule has 0 spiro atoms. The van der Waals surface area contributed by atoms with E-state index < -0.39 is 0 Å². The number of carbonyl (C=O) groups excluding carboxylic acids is 1. The van der Waals surface area contributed by atoms with Gasteiger partial charge < -0.3 is 15.0 Å². The average Bonchev–Trinajstić information content (AvgIpc) is 2.59. The third kappa shape index (κ3) is 3.77. The minimum absolute atomic E-state index is 0.269. The Morgan fingerprint density at radius 3 is 2.73 bits per heavy atom. The fourth-order valence-corrected chi connectivity index (χ4v) is 2.70. The summed E-state index contributed by atoms with van der Waals surface area (Å²) in [6.07, 6.45) is 4.81. The van der Waals surface area contributed by atoms with E-state index in [4.69, 9.17) is 4.74 Å². The van der Waals surface area contributed by atoms with Crippen LogP contribution in [0.5, 0.6) is 0 Å². The van der Waals surface area contributed by atoms with Crippen molar-refractivity contribution in [1.29, 1.82) is 0 Å². The van der Waals surface area contributed by atoms with E-state index in [2.05, 4.69) is 28.4 Å². The van der Waals surface area contributed by atoms with Gasteiger partial charge in [0.15, 0.2) is 0 Å². The van der Waals surface area contributed by atoms with Gasteiger partial charge in [0.1, 0.15) is 0 Å². The third-order valence-electron chi connectivity index (χ3n) is 4.01. The molecule has 0 fully saturated rings. The van der Waals surface area contributed by atoms with Crippen molar-refractivity contribution in [2.75, 3.05) is 34.3 Å². The first-order valence-corrected chi connectivity index (χ1v) is 7.57. The van der Waals surface area contributed by atoms with Gasteiger partial charge in [-0.25, -0.2) is 4.79 Å². The van der Waals surface area contributed by atoms with E-state index in [0.717, 1.165) is 25.2 Å². The number of hydrogen-bond acceptors (Lipinski definition) is 4. The first kappa shape index (κ1) is 16.3. The number of hydrogen-bond donors (Lipinski definition) is 1. The number of esters is 1. The van der Waals surface area contributed by atoms with Crippen LogP contribution >= 0.6 is 0 Å². The highest BCUT2D eigenvalue weighted by Gasteiger charge is 2.24. The number of nitrogens with zero attached hydrogens (tertiary/aromatic N) is 1. The Labute approximate surface area is 132 Å². The summed E-state index contributed by atoms with van der Waals surface area (Å²) >= 11 is 0. The number of nitrogens with one attached hydrogen (secondary N) is 1. The van der Waals surface area contributed by atoms with Crippen molar-refractivity contribution in [3.63, 3.8) is 0 Å². The van der Waals surface area contributed by atoms with Crippen LogP contribution in [0.3, 0.4) is 0 Å². The molecule has 118 valence electrons. The van der Waals surface area contributed by atoms with E-state index in [1.54, 1.807) is 0 Å². The van der Waals surface area contributed by atoms with Gasteiger partial charge in [0.2, 0.25) is 0 Å². The predicted molar refractivity (Wildman–Crippen MR) is 88.5 cm³/mol. The van der Waals surface area contributed by atoms with Crippen molar-refractivity contribution in [3.05, 3.63) is 59.3 Å². The quantitative estimate of drug-likeness (QED) is 0.819. The summed E-state index contributed by atoms with van der Waals surface area (Å²) < 4.78 is 4.93. The molecule has 1 aliphatic rings. The maximum Gasteiger partial charge on any atom is 0.339 e. The van der Waals surface area contributed by atoms with Crippen molar-refractivity contribution in [2.24, 2.45) is 0 Å². The molecule has 1 unspecified atom stereocenters. The Balaban J connectivity index is 2.26. The zero-order valence-corrected chi connectivity index (χ0v) is 13.5. The monoisotopic (exact) mass is 300 g/mol. The van der Waals surface area contributed by atoms with Crippen LogP contribution in [0, 0.1) is 0 Å². The van der Waals surface area contributed by atoms with Gasteiger partial charge in [-0.3, -0.25) is 0 Å². The van der Waals surface area contributed by atoms with Gasteiger partial charge in [-0.1, -0.05) is 36.4 Å². The van der Waals surface area contributed by atoms with Crippen LogP contribution in [0.1, 0.15) is 17.9 Å². The van der Waals surface area contributed by atoms with Crippen molar-refractivity contribution in [3.8, 4) is 0 Å². The lowest BCUT2D eigenvalue weighted by Crippen LogP contribution is -2.30. The fourth-order valence-electron chi connectivity index (χ4n) is 2.70. The lowest BCUT2D eigenvalue weighted by molar-refractivity contribution is -0.135. The lowest BCUT2D eigenvalue weighted by Gasteiger charge is -2.29. The van der Waals surface area contributed by atoms with E-state index in [1.165, 1.54) is 12.7 Å². The van der Waals surface area contributed by atoms with Crippen LogP contribution < -0.4 is 5.32 Å². The Hall–Kier alpha value is -2.07. The van der Waals surface area contributed by atoms with Crippen LogP contribution in [-0.2, 0) is 9.53 Å². The molecule has 0 saturated heterocycles. The molecule has 1 N–H and O–H groups in total. The second kappa shape index (κ2) is 7.80. The molecule has 1 aromatic carbocycles. The summed E-state index contributed by atoms with van der Waals surface area (Å²) in [5, 5.41) is 3.14. The Morgan fingerprint density at radius 1 is 1.36 bits per heavy atom. The van der Waals surface area contributed by atoms with Gasteiger partial charge in [0, 0.05) is 31.8 Å². The van der Waals surface area contributed by atoms with Crippen molar-refractivity contribution >= 4 is 5.97 Å². The SMILES string of the molecule is CNCCN(C)C1=C(C(=O)OC)C=CC(c2ccccc2)C1. The second-order valence-electron chi connectivity index (χ2n) is 5.46. The minimum atomic E-state index is -0.269. The molecule has 22 heavy (non-hydrogen) atoms. The van der Waals surface area contributed by atoms with E-state index in [9.17, 15) is 4.79 Å². The van der Waals surface area contributed by atoms with Crippen LogP contribution in [-0.4, -0.2) is 45.2 Å². The molecular formula is C18H24N2O2. The molecule has 0 heterocycles. The molecular weight excluding hydrogens is 276 g/mol. The summed E-state index contributed by atoms with van der Waals surface area (Å²) in [5.41, 5.74) is 2.97. The molecule has 0 aliphatic heterocycles. The predicted octanol–water partition coefficient (Wildman–Crippen LogP) is 2.31. The van der Waals surface area contributed by atoms with Crippen LogP contribution in [0.2, 0.25) is 0 Å². The summed E-state index contributed by atoms with van der Waals surface area (Å²) in [6.45, 7) is 1.72. The molecule has 1 atom stereocenters. The lowest BCUT2D eigenvalue weighted by atomic mass is 9.87. The molecule has 4 heteroatoms. The van der Waals surface area contributed by atoms with Crippen LogP contribution in [0.15, 0.2) is 53.8 Å². The van der Waals surface area contributed by atoms with Gasteiger partial charge in [-0.2, -0.15) is 0 Å². The molecule has 0 amide bonds. The van der Waals surface area contributed by atoms with Crippen molar-refractivity contribution in [2.45, 2.75) is 12.3 Å². The summed E-state index contributed by atoms with van der Waals surface area (Å²) in [5.74, 6) is 0.0238. The number of benzene rings is 1. The van der Waals surface area contributed by atoms with Gasteiger partial charge in [-0.05, 0) is 25.1 Å². The number of rotatable bonds is 6. The molecule has 0 aromatic heterocycles. The Morgan fingerprint density at radius 2 is 2.09 bits per heavy atom. The zero-order valence-electron chi connectivity index (χ0n) is 13.5. The zero-order chi connectivity index (χ0) is 15.9.